The molecule has 0 saturated carbocycles. The third-order valence-corrected chi connectivity index (χ3v) is 4.97. The molecule has 3 aliphatic rings. The van der Waals surface area contributed by atoms with Crippen molar-refractivity contribution in [3.05, 3.63) is 64.9 Å². The summed E-state index contributed by atoms with van der Waals surface area (Å²) in [6.07, 6.45) is 0.831. The van der Waals surface area contributed by atoms with Crippen LogP contribution in [0.1, 0.15) is 27.9 Å². The van der Waals surface area contributed by atoms with Crippen LogP contribution in [0.4, 0.5) is 0 Å². The number of ether oxygens (including phenoxy) is 2. The highest BCUT2D eigenvalue weighted by molar-refractivity contribution is 6.43. The number of aliphatic imine (C=N–C) groups is 2. The number of nitrogens with zero attached hydrogens (tertiary/aromatic N) is 3. The Hall–Kier alpha value is -3.41. The number of allylic oxidation sites excluding steroid dienone is 2. The molecule has 6 nitrogen and oxygen atoms in total. The number of carbonyl (C=O) groups is 1. The first kappa shape index (κ1) is 16.7. The van der Waals surface area contributed by atoms with E-state index in [-0.39, 0.29) is 5.78 Å². The van der Waals surface area contributed by atoms with Crippen LogP contribution >= 0.6 is 0 Å². The Morgan fingerprint density at radius 2 is 1.68 bits per heavy atom. The lowest BCUT2D eigenvalue weighted by Gasteiger charge is -2.20. The minimum atomic E-state index is -0.0530. The maximum absolute atomic E-state index is 13.4. The fourth-order valence-electron chi connectivity index (χ4n) is 3.61. The number of guanidine groups is 1. The van der Waals surface area contributed by atoms with Gasteiger partial charge in [0.15, 0.2) is 17.3 Å². The maximum atomic E-state index is 13.4. The normalized spacial score (nSPS) is 17.4. The van der Waals surface area contributed by atoms with Gasteiger partial charge in [-0.05, 0) is 17.7 Å². The molecular formula is C22H19N3O3. The number of ketones is 1. The van der Waals surface area contributed by atoms with E-state index in [1.165, 1.54) is 0 Å². The van der Waals surface area contributed by atoms with Gasteiger partial charge in [-0.1, -0.05) is 30.3 Å². The number of fused-ring (bicyclic) bond motifs is 4. The second kappa shape index (κ2) is 6.34. The molecule has 0 N–H and O–H groups in total. The molecule has 2 heterocycles. The van der Waals surface area contributed by atoms with Gasteiger partial charge in [0.2, 0.25) is 5.96 Å². The van der Waals surface area contributed by atoms with E-state index in [1.54, 1.807) is 0 Å². The smallest absolute Gasteiger partial charge is 0.226 e. The van der Waals surface area contributed by atoms with Gasteiger partial charge >= 0.3 is 0 Å². The van der Waals surface area contributed by atoms with Crippen LogP contribution in [0.5, 0.6) is 11.5 Å². The molecule has 0 amide bonds. The highest BCUT2D eigenvalue weighted by atomic mass is 16.5. The monoisotopic (exact) mass is 373 g/mol. The zero-order valence-electron chi connectivity index (χ0n) is 15.7. The van der Waals surface area contributed by atoms with Crippen molar-refractivity contribution in [2.24, 2.45) is 9.98 Å². The van der Waals surface area contributed by atoms with Gasteiger partial charge in [-0.15, -0.1) is 0 Å². The molecular weight excluding hydrogens is 354 g/mol. The molecule has 0 bridgehead atoms. The van der Waals surface area contributed by atoms with Crippen LogP contribution in [0.3, 0.4) is 0 Å². The molecule has 28 heavy (non-hydrogen) atoms. The number of hydrogen-bond donors (Lipinski definition) is 0. The average molecular weight is 373 g/mol. The van der Waals surface area contributed by atoms with E-state index in [2.05, 4.69) is 4.99 Å². The van der Waals surface area contributed by atoms with Crippen LogP contribution in [0.15, 0.2) is 58.1 Å². The Morgan fingerprint density at radius 3 is 2.46 bits per heavy atom. The summed E-state index contributed by atoms with van der Waals surface area (Å²) >= 11 is 0. The van der Waals surface area contributed by atoms with Crippen LogP contribution in [0.25, 0.3) is 5.57 Å². The molecule has 5 rings (SSSR count). The van der Waals surface area contributed by atoms with E-state index in [0.717, 1.165) is 23.3 Å². The lowest BCUT2D eigenvalue weighted by atomic mass is 9.84. The van der Waals surface area contributed by atoms with Crippen LogP contribution < -0.4 is 9.47 Å². The molecule has 0 fully saturated rings. The summed E-state index contributed by atoms with van der Waals surface area (Å²) in [5, 5.41) is 0. The summed E-state index contributed by atoms with van der Waals surface area (Å²) in [5.41, 5.74) is 4.12. The summed E-state index contributed by atoms with van der Waals surface area (Å²) < 4.78 is 11.5. The molecule has 2 aromatic carbocycles. The largest absolute Gasteiger partial charge is 0.490 e. The number of benzene rings is 2. The van der Waals surface area contributed by atoms with Crippen molar-refractivity contribution in [3.8, 4) is 11.5 Å². The predicted molar refractivity (Wildman–Crippen MR) is 107 cm³/mol. The molecule has 2 aliphatic heterocycles. The van der Waals surface area contributed by atoms with Gasteiger partial charge in [-0.25, -0.2) is 9.98 Å². The standard InChI is InChI=1S/C22H19N3O3/c1-25(2)22-23-19-14-6-3-4-7-15(14)21(26)18(20(19)24-22)13-8-9-16-17(12-13)28-11-5-10-27-16/h3-4,6-9,12H,5,10-11H2,1-2H3. The predicted octanol–water partition coefficient (Wildman–Crippen LogP) is 3.18. The summed E-state index contributed by atoms with van der Waals surface area (Å²) in [6, 6.07) is 13.2. The highest BCUT2D eigenvalue weighted by Crippen LogP contribution is 2.39. The Morgan fingerprint density at radius 1 is 0.929 bits per heavy atom. The molecule has 0 atom stereocenters. The highest BCUT2D eigenvalue weighted by Gasteiger charge is 2.35. The summed E-state index contributed by atoms with van der Waals surface area (Å²) in [5.74, 6) is 1.89. The van der Waals surface area contributed by atoms with Gasteiger partial charge in [0.05, 0.1) is 18.8 Å². The lowest BCUT2D eigenvalue weighted by molar-refractivity contribution is 0.105. The van der Waals surface area contributed by atoms with Crippen LogP contribution in [-0.2, 0) is 0 Å². The van der Waals surface area contributed by atoms with Crippen molar-refractivity contribution < 1.29 is 14.3 Å². The zero-order chi connectivity index (χ0) is 19.3. The Bertz CT molecular complexity index is 1100. The molecule has 2 aromatic rings. The molecule has 0 saturated heterocycles. The number of Topliss-reactive ketones (excluding diaryl/α,β-unsaturated/α-hetero) is 1. The van der Waals surface area contributed by atoms with E-state index in [0.29, 0.717) is 47.5 Å². The van der Waals surface area contributed by atoms with Crippen molar-refractivity contribution in [1.82, 2.24) is 4.90 Å². The van der Waals surface area contributed by atoms with Crippen molar-refractivity contribution in [2.45, 2.75) is 6.42 Å². The topological polar surface area (TPSA) is 63.5 Å². The van der Waals surface area contributed by atoms with E-state index in [1.807, 2.05) is 61.5 Å². The molecule has 1 aliphatic carbocycles. The van der Waals surface area contributed by atoms with Gasteiger partial charge < -0.3 is 14.4 Å². The minimum absolute atomic E-state index is 0.0530. The second-order valence-electron chi connectivity index (χ2n) is 7.08. The SMILES string of the molecule is CN(C)C1=NC2=C(c3ccc4c(c3)OCCCO4)C(=O)c3ccccc3C2=N1. The van der Waals surface area contributed by atoms with Crippen molar-refractivity contribution in [2.75, 3.05) is 27.3 Å². The van der Waals surface area contributed by atoms with E-state index < -0.39 is 0 Å². The Balaban J connectivity index is 1.72. The minimum Gasteiger partial charge on any atom is -0.490 e. The molecule has 0 radical (unpaired) electrons. The first-order valence-corrected chi connectivity index (χ1v) is 9.27. The molecule has 6 heteroatoms. The van der Waals surface area contributed by atoms with Crippen LogP contribution in [-0.4, -0.2) is 49.7 Å². The molecule has 0 spiro atoms. The van der Waals surface area contributed by atoms with E-state index in [4.69, 9.17) is 14.5 Å². The van der Waals surface area contributed by atoms with Gasteiger partial charge in [0.25, 0.3) is 0 Å². The van der Waals surface area contributed by atoms with Gasteiger partial charge in [-0.3, -0.25) is 4.79 Å². The number of carbonyl (C=O) groups excluding carboxylic acids is 1. The summed E-state index contributed by atoms with van der Waals surface area (Å²) in [4.78, 5) is 24.6. The first-order valence-electron chi connectivity index (χ1n) is 9.27. The fraction of sp³-hybridized carbons (Fsp3) is 0.227. The second-order valence-corrected chi connectivity index (χ2v) is 7.08. The van der Waals surface area contributed by atoms with Crippen molar-refractivity contribution >= 4 is 23.0 Å². The first-order chi connectivity index (χ1) is 13.6. The number of hydrogen-bond acceptors (Lipinski definition) is 6. The lowest BCUT2D eigenvalue weighted by Crippen LogP contribution is -2.20. The maximum Gasteiger partial charge on any atom is 0.226 e. The fourth-order valence-corrected chi connectivity index (χ4v) is 3.61. The van der Waals surface area contributed by atoms with Gasteiger partial charge in [-0.2, -0.15) is 0 Å². The average Bonchev–Trinajstić information content (AvgIpc) is 3.01. The van der Waals surface area contributed by atoms with E-state index in [9.17, 15) is 4.79 Å². The summed E-state index contributed by atoms with van der Waals surface area (Å²) in [7, 11) is 3.78. The van der Waals surface area contributed by atoms with Crippen molar-refractivity contribution in [3.63, 3.8) is 0 Å². The Kier molecular flexibility index (Phi) is 3.79. The van der Waals surface area contributed by atoms with Crippen LogP contribution in [0.2, 0.25) is 0 Å². The zero-order valence-corrected chi connectivity index (χ0v) is 15.7. The van der Waals surface area contributed by atoms with Crippen molar-refractivity contribution in [1.29, 1.82) is 0 Å². The molecule has 140 valence electrons. The van der Waals surface area contributed by atoms with E-state index >= 15 is 0 Å². The van der Waals surface area contributed by atoms with Crippen LogP contribution in [0, 0.1) is 0 Å². The third kappa shape index (κ3) is 2.52. The number of rotatable bonds is 1. The van der Waals surface area contributed by atoms with Gasteiger partial charge in [0.1, 0.15) is 11.4 Å². The summed E-state index contributed by atoms with van der Waals surface area (Å²) in [6.45, 7) is 1.22. The third-order valence-electron chi connectivity index (χ3n) is 4.97. The molecule has 0 aromatic heterocycles. The molecule has 0 unspecified atom stereocenters. The van der Waals surface area contributed by atoms with Gasteiger partial charge in [0, 0.05) is 31.6 Å². The Labute approximate surface area is 162 Å². The quantitative estimate of drug-likeness (QED) is 0.770.